The van der Waals surface area contributed by atoms with Crippen LogP contribution in [0.5, 0.6) is 0 Å². The molecule has 1 unspecified atom stereocenters. The van der Waals surface area contributed by atoms with E-state index < -0.39 is 11.6 Å². The fourth-order valence-corrected chi connectivity index (χ4v) is 1.50. The van der Waals surface area contributed by atoms with Gasteiger partial charge >= 0.3 is 0 Å². The lowest BCUT2D eigenvalue weighted by Gasteiger charge is -2.11. The molecule has 0 spiro atoms. The van der Waals surface area contributed by atoms with Crippen molar-refractivity contribution in [3.63, 3.8) is 0 Å². The summed E-state index contributed by atoms with van der Waals surface area (Å²) in [4.78, 5) is 7.05. The van der Waals surface area contributed by atoms with Crippen LogP contribution in [0.15, 0.2) is 12.1 Å². The molecule has 0 saturated heterocycles. The Labute approximate surface area is 91.7 Å². The van der Waals surface area contributed by atoms with Gasteiger partial charge in [-0.2, -0.15) is 0 Å². The van der Waals surface area contributed by atoms with Gasteiger partial charge in [-0.05, 0) is 5.92 Å². The molecule has 0 saturated carbocycles. The van der Waals surface area contributed by atoms with Gasteiger partial charge in [0.2, 0.25) is 0 Å². The summed E-state index contributed by atoms with van der Waals surface area (Å²) in [7, 11) is 0. The van der Waals surface area contributed by atoms with Gasteiger partial charge in [0.15, 0.2) is 11.6 Å². The summed E-state index contributed by atoms with van der Waals surface area (Å²) in [5, 5.41) is 0. The number of benzene rings is 1. The first kappa shape index (κ1) is 11.0. The van der Waals surface area contributed by atoms with Crippen molar-refractivity contribution >= 4 is 11.0 Å². The van der Waals surface area contributed by atoms with E-state index in [2.05, 4.69) is 9.97 Å². The standard InChI is InChI=1S/C11H13F2N3/c1-5(2)10(14)11-15-8-3-6(12)7(13)4-9(8)16-11/h3-5,10H,14H2,1-2H3,(H,15,16). The molecule has 3 N–H and O–H groups in total. The van der Waals surface area contributed by atoms with Crippen LogP contribution in [0.3, 0.4) is 0 Å². The van der Waals surface area contributed by atoms with Crippen LogP contribution in [0.25, 0.3) is 11.0 Å². The number of aromatic nitrogens is 2. The molecule has 5 heteroatoms. The van der Waals surface area contributed by atoms with E-state index in [-0.39, 0.29) is 12.0 Å². The van der Waals surface area contributed by atoms with Crippen molar-refractivity contribution in [2.24, 2.45) is 11.7 Å². The summed E-state index contributed by atoms with van der Waals surface area (Å²) >= 11 is 0. The van der Waals surface area contributed by atoms with E-state index in [1.807, 2.05) is 13.8 Å². The number of imidazole rings is 1. The predicted molar refractivity (Wildman–Crippen MR) is 57.8 cm³/mol. The second-order valence-corrected chi connectivity index (χ2v) is 4.18. The Kier molecular flexibility index (Phi) is 2.63. The molecule has 0 aliphatic rings. The average Bonchev–Trinajstić information content (AvgIpc) is 2.60. The van der Waals surface area contributed by atoms with Crippen molar-refractivity contribution < 1.29 is 8.78 Å². The Morgan fingerprint density at radius 2 is 1.88 bits per heavy atom. The van der Waals surface area contributed by atoms with E-state index in [1.165, 1.54) is 0 Å². The third kappa shape index (κ3) is 1.78. The maximum atomic E-state index is 13.0. The van der Waals surface area contributed by atoms with E-state index in [4.69, 9.17) is 5.73 Å². The molecule has 2 rings (SSSR count). The zero-order valence-corrected chi connectivity index (χ0v) is 9.09. The van der Waals surface area contributed by atoms with Crippen LogP contribution in [0.2, 0.25) is 0 Å². The highest BCUT2D eigenvalue weighted by Crippen LogP contribution is 2.21. The molecular formula is C11H13F2N3. The van der Waals surface area contributed by atoms with Gasteiger partial charge in [-0.3, -0.25) is 0 Å². The van der Waals surface area contributed by atoms with Crippen molar-refractivity contribution in [3.8, 4) is 0 Å². The molecule has 0 fully saturated rings. The van der Waals surface area contributed by atoms with Crippen molar-refractivity contribution in [1.82, 2.24) is 9.97 Å². The maximum absolute atomic E-state index is 13.0. The molecule has 1 atom stereocenters. The highest BCUT2D eigenvalue weighted by Gasteiger charge is 2.16. The van der Waals surface area contributed by atoms with Gasteiger partial charge in [0, 0.05) is 12.1 Å². The second kappa shape index (κ2) is 3.83. The van der Waals surface area contributed by atoms with Crippen LogP contribution >= 0.6 is 0 Å². The number of H-pyrrole nitrogens is 1. The van der Waals surface area contributed by atoms with Crippen molar-refractivity contribution in [1.29, 1.82) is 0 Å². The monoisotopic (exact) mass is 225 g/mol. The quantitative estimate of drug-likeness (QED) is 0.825. The van der Waals surface area contributed by atoms with E-state index in [0.29, 0.717) is 16.9 Å². The SMILES string of the molecule is CC(C)C(N)c1nc2cc(F)c(F)cc2[nH]1. The fourth-order valence-electron chi connectivity index (χ4n) is 1.50. The first-order valence-corrected chi connectivity index (χ1v) is 5.09. The van der Waals surface area contributed by atoms with Crippen molar-refractivity contribution in [2.45, 2.75) is 19.9 Å². The number of rotatable bonds is 2. The molecule has 0 bridgehead atoms. The number of aromatic amines is 1. The Balaban J connectivity index is 2.52. The van der Waals surface area contributed by atoms with Crippen molar-refractivity contribution in [3.05, 3.63) is 29.6 Å². The summed E-state index contributed by atoms with van der Waals surface area (Å²) in [5.74, 6) is -1.03. The smallest absolute Gasteiger partial charge is 0.161 e. The second-order valence-electron chi connectivity index (χ2n) is 4.18. The molecule has 1 heterocycles. The van der Waals surface area contributed by atoms with Crippen LogP contribution in [0, 0.1) is 17.6 Å². The van der Waals surface area contributed by atoms with Gasteiger partial charge in [0.1, 0.15) is 5.82 Å². The van der Waals surface area contributed by atoms with E-state index in [0.717, 1.165) is 12.1 Å². The molecule has 1 aromatic heterocycles. The lowest BCUT2D eigenvalue weighted by molar-refractivity contribution is 0.495. The van der Waals surface area contributed by atoms with E-state index in [1.54, 1.807) is 0 Å². The highest BCUT2D eigenvalue weighted by atomic mass is 19.2. The van der Waals surface area contributed by atoms with Crippen LogP contribution in [0.4, 0.5) is 8.78 Å². The largest absolute Gasteiger partial charge is 0.341 e. The number of hydrogen-bond donors (Lipinski definition) is 2. The van der Waals surface area contributed by atoms with Gasteiger partial charge in [-0.15, -0.1) is 0 Å². The van der Waals surface area contributed by atoms with Gasteiger partial charge in [-0.25, -0.2) is 13.8 Å². The topological polar surface area (TPSA) is 54.7 Å². The number of halogens is 2. The number of fused-ring (bicyclic) bond motifs is 1. The molecule has 0 radical (unpaired) electrons. The fraction of sp³-hybridized carbons (Fsp3) is 0.364. The Hall–Kier alpha value is -1.49. The number of nitrogens with zero attached hydrogens (tertiary/aromatic N) is 1. The molecule has 86 valence electrons. The summed E-state index contributed by atoms with van der Waals surface area (Å²) in [6.45, 7) is 3.91. The summed E-state index contributed by atoms with van der Waals surface area (Å²) in [6, 6.07) is 1.89. The van der Waals surface area contributed by atoms with Gasteiger partial charge in [-0.1, -0.05) is 13.8 Å². The highest BCUT2D eigenvalue weighted by molar-refractivity contribution is 5.75. The van der Waals surface area contributed by atoms with Crippen LogP contribution in [-0.2, 0) is 0 Å². The zero-order valence-electron chi connectivity index (χ0n) is 9.09. The summed E-state index contributed by atoms with van der Waals surface area (Å²) < 4.78 is 25.9. The summed E-state index contributed by atoms with van der Waals surface area (Å²) in [5.41, 5.74) is 6.75. The Morgan fingerprint density at radius 3 is 2.50 bits per heavy atom. The molecule has 16 heavy (non-hydrogen) atoms. The van der Waals surface area contributed by atoms with Crippen LogP contribution in [0.1, 0.15) is 25.7 Å². The minimum Gasteiger partial charge on any atom is -0.341 e. The minimum atomic E-state index is -0.899. The normalized spacial score (nSPS) is 13.6. The summed E-state index contributed by atoms with van der Waals surface area (Å²) in [6.07, 6.45) is 0. The number of nitrogens with two attached hydrogens (primary N) is 1. The Morgan fingerprint density at radius 1 is 1.25 bits per heavy atom. The Bertz CT molecular complexity index is 480. The zero-order chi connectivity index (χ0) is 11.9. The molecule has 2 aromatic rings. The van der Waals surface area contributed by atoms with Crippen molar-refractivity contribution in [2.75, 3.05) is 0 Å². The van der Waals surface area contributed by atoms with Gasteiger partial charge in [0.05, 0.1) is 17.1 Å². The minimum absolute atomic E-state index is 0.204. The number of nitrogens with one attached hydrogen (secondary N) is 1. The molecule has 0 aliphatic heterocycles. The van der Waals surface area contributed by atoms with E-state index in [9.17, 15) is 8.78 Å². The van der Waals surface area contributed by atoms with Crippen LogP contribution < -0.4 is 5.73 Å². The van der Waals surface area contributed by atoms with Crippen LogP contribution in [-0.4, -0.2) is 9.97 Å². The molecule has 3 nitrogen and oxygen atoms in total. The van der Waals surface area contributed by atoms with E-state index >= 15 is 0 Å². The lowest BCUT2D eigenvalue weighted by atomic mass is 10.1. The maximum Gasteiger partial charge on any atom is 0.161 e. The molecule has 1 aromatic carbocycles. The first-order chi connectivity index (χ1) is 7.49. The third-order valence-electron chi connectivity index (χ3n) is 2.58. The molecular weight excluding hydrogens is 212 g/mol. The van der Waals surface area contributed by atoms with Gasteiger partial charge in [0.25, 0.3) is 0 Å². The number of hydrogen-bond acceptors (Lipinski definition) is 2. The molecule has 0 amide bonds. The lowest BCUT2D eigenvalue weighted by Crippen LogP contribution is -2.17. The average molecular weight is 225 g/mol. The first-order valence-electron chi connectivity index (χ1n) is 5.09. The third-order valence-corrected chi connectivity index (χ3v) is 2.58. The predicted octanol–water partition coefficient (Wildman–Crippen LogP) is 2.50. The molecule has 0 aliphatic carbocycles. The van der Waals surface area contributed by atoms with Gasteiger partial charge < -0.3 is 10.7 Å².